The smallest absolute Gasteiger partial charge is 0.180 e. The van der Waals surface area contributed by atoms with Crippen molar-refractivity contribution in [3.05, 3.63) is 52.7 Å². The van der Waals surface area contributed by atoms with E-state index >= 15 is 0 Å². The zero-order valence-corrected chi connectivity index (χ0v) is 17.6. The highest BCUT2D eigenvalue weighted by molar-refractivity contribution is 7.15. The summed E-state index contributed by atoms with van der Waals surface area (Å²) >= 11 is 1.56. The van der Waals surface area contributed by atoms with E-state index in [2.05, 4.69) is 34.2 Å². The lowest BCUT2D eigenvalue weighted by Crippen LogP contribution is -2.28. The highest BCUT2D eigenvalue weighted by Crippen LogP contribution is 2.31. The Morgan fingerprint density at radius 3 is 2.90 bits per heavy atom. The fourth-order valence-corrected chi connectivity index (χ4v) is 4.88. The summed E-state index contributed by atoms with van der Waals surface area (Å²) in [5.74, 6) is 0.710. The Morgan fingerprint density at radius 2 is 2.10 bits per heavy atom. The van der Waals surface area contributed by atoms with Gasteiger partial charge in [-0.25, -0.2) is 14.4 Å². The molecule has 0 unspecified atom stereocenters. The van der Waals surface area contributed by atoms with Crippen molar-refractivity contribution in [2.45, 2.75) is 45.1 Å². The molecule has 1 aliphatic rings. The number of hydrogen-bond donors (Lipinski definition) is 2. The van der Waals surface area contributed by atoms with Gasteiger partial charge in [-0.15, -0.1) is 11.3 Å². The van der Waals surface area contributed by atoms with Crippen molar-refractivity contribution in [1.29, 1.82) is 0 Å². The van der Waals surface area contributed by atoms with E-state index in [1.54, 1.807) is 17.5 Å². The van der Waals surface area contributed by atoms with Crippen LogP contribution in [0.3, 0.4) is 0 Å². The molecule has 0 amide bonds. The van der Waals surface area contributed by atoms with Crippen molar-refractivity contribution in [3.63, 3.8) is 0 Å². The second kappa shape index (κ2) is 7.32. The molecular formula is C21H22FN7S. The van der Waals surface area contributed by atoms with Gasteiger partial charge in [-0.05, 0) is 24.8 Å². The number of hydrogen-bond acceptors (Lipinski definition) is 7. The average Bonchev–Trinajstić information content (AvgIpc) is 3.30. The standard InChI is InChI=1S/C21H22FN7S/c1-11(2)15-10-25-29-19(26-14-3-4-16-18(6-14)30-21(23)28-16)7-17(27-20(15)29)12-5-13(22)9-24-8-12/h5,7-11,14,26H,3-4,6H2,1-2H3,(H2,23,28)/t14-/m0/s1. The molecule has 9 heteroatoms. The predicted octanol–water partition coefficient (Wildman–Crippen LogP) is 4.06. The molecule has 5 rings (SSSR count). The summed E-state index contributed by atoms with van der Waals surface area (Å²) in [6.07, 6.45) is 7.39. The lowest BCUT2D eigenvalue weighted by molar-refractivity contribution is 0.605. The SMILES string of the molecule is CC(C)c1cnn2c(N[C@H]3CCc4nc(N)sc4C3)cc(-c3cncc(F)c3)nc12. The highest BCUT2D eigenvalue weighted by atomic mass is 32.1. The van der Waals surface area contributed by atoms with E-state index < -0.39 is 0 Å². The molecule has 0 aromatic carbocycles. The van der Waals surface area contributed by atoms with Crippen LogP contribution in [0, 0.1) is 5.82 Å². The van der Waals surface area contributed by atoms with Crippen molar-refractivity contribution in [3.8, 4) is 11.3 Å². The Bertz CT molecular complexity index is 1230. The fraction of sp³-hybridized carbons (Fsp3) is 0.333. The number of fused-ring (bicyclic) bond motifs is 2. The topological polar surface area (TPSA) is 94.0 Å². The number of thiazole rings is 1. The number of nitrogens with zero attached hydrogens (tertiary/aromatic N) is 5. The maximum Gasteiger partial charge on any atom is 0.180 e. The van der Waals surface area contributed by atoms with Crippen LogP contribution in [0.5, 0.6) is 0 Å². The first kappa shape index (κ1) is 18.9. The van der Waals surface area contributed by atoms with Crippen LogP contribution in [0.1, 0.15) is 42.3 Å². The minimum absolute atomic E-state index is 0.230. The number of nitrogens with two attached hydrogens (primary N) is 1. The Kier molecular flexibility index (Phi) is 4.62. The van der Waals surface area contributed by atoms with Gasteiger partial charge >= 0.3 is 0 Å². The Labute approximate surface area is 177 Å². The van der Waals surface area contributed by atoms with Gasteiger partial charge in [0.15, 0.2) is 10.8 Å². The van der Waals surface area contributed by atoms with Crippen molar-refractivity contribution in [1.82, 2.24) is 24.6 Å². The first-order valence-corrected chi connectivity index (χ1v) is 10.8. The molecule has 4 heterocycles. The van der Waals surface area contributed by atoms with Crippen molar-refractivity contribution in [2.24, 2.45) is 0 Å². The molecule has 0 saturated carbocycles. The van der Waals surface area contributed by atoms with Gasteiger partial charge in [0.2, 0.25) is 0 Å². The molecule has 0 fully saturated rings. The Morgan fingerprint density at radius 1 is 1.23 bits per heavy atom. The molecule has 30 heavy (non-hydrogen) atoms. The minimum atomic E-state index is -0.385. The third-order valence-corrected chi connectivity index (χ3v) is 6.38. The van der Waals surface area contributed by atoms with Crippen LogP contribution in [0.2, 0.25) is 0 Å². The predicted molar refractivity (Wildman–Crippen MR) is 116 cm³/mol. The van der Waals surface area contributed by atoms with Crippen LogP contribution >= 0.6 is 11.3 Å². The molecule has 1 aliphatic carbocycles. The van der Waals surface area contributed by atoms with E-state index in [0.29, 0.717) is 16.4 Å². The molecule has 3 N–H and O–H groups in total. The van der Waals surface area contributed by atoms with Gasteiger partial charge in [-0.2, -0.15) is 9.61 Å². The van der Waals surface area contributed by atoms with E-state index in [0.717, 1.165) is 42.0 Å². The van der Waals surface area contributed by atoms with Crippen molar-refractivity contribution in [2.75, 3.05) is 11.1 Å². The first-order chi connectivity index (χ1) is 14.5. The van der Waals surface area contributed by atoms with E-state index in [1.807, 2.05) is 16.8 Å². The summed E-state index contributed by atoms with van der Waals surface area (Å²) in [6.45, 7) is 4.22. The highest BCUT2D eigenvalue weighted by Gasteiger charge is 2.24. The summed E-state index contributed by atoms with van der Waals surface area (Å²) < 4.78 is 15.6. The lowest BCUT2D eigenvalue weighted by Gasteiger charge is -2.24. The van der Waals surface area contributed by atoms with E-state index in [1.165, 1.54) is 17.1 Å². The lowest BCUT2D eigenvalue weighted by atomic mass is 9.97. The Balaban J connectivity index is 1.56. The van der Waals surface area contributed by atoms with Gasteiger partial charge in [-0.1, -0.05) is 13.8 Å². The molecule has 154 valence electrons. The number of aryl methyl sites for hydroxylation is 1. The minimum Gasteiger partial charge on any atom is -0.375 e. The van der Waals surface area contributed by atoms with Gasteiger partial charge in [0.05, 0.1) is 23.8 Å². The van der Waals surface area contributed by atoms with Gasteiger partial charge in [0.1, 0.15) is 11.6 Å². The summed E-state index contributed by atoms with van der Waals surface area (Å²) in [5.41, 5.74) is 10.1. The Hall–Kier alpha value is -3.07. The maximum atomic E-state index is 13.8. The number of pyridine rings is 1. The molecule has 0 bridgehead atoms. The quantitative estimate of drug-likeness (QED) is 0.514. The zero-order chi connectivity index (χ0) is 20.8. The number of rotatable bonds is 4. The number of halogens is 1. The second-order valence-electron chi connectivity index (χ2n) is 7.91. The molecule has 4 aromatic heterocycles. The summed E-state index contributed by atoms with van der Waals surface area (Å²) in [4.78, 5) is 14.4. The molecule has 0 spiro atoms. The summed E-state index contributed by atoms with van der Waals surface area (Å²) in [7, 11) is 0. The molecule has 4 aromatic rings. The zero-order valence-electron chi connectivity index (χ0n) is 16.8. The number of nitrogens with one attached hydrogen (secondary N) is 1. The summed E-state index contributed by atoms with van der Waals surface area (Å²) in [5, 5.41) is 8.84. The van der Waals surface area contributed by atoms with Crippen molar-refractivity contribution < 1.29 is 4.39 Å². The maximum absolute atomic E-state index is 13.8. The molecule has 0 saturated heterocycles. The van der Waals surface area contributed by atoms with Gasteiger partial charge in [0.25, 0.3) is 0 Å². The summed E-state index contributed by atoms with van der Waals surface area (Å²) in [6, 6.07) is 3.60. The third-order valence-electron chi connectivity index (χ3n) is 5.43. The first-order valence-electron chi connectivity index (χ1n) is 9.98. The number of aromatic nitrogens is 5. The van der Waals surface area contributed by atoms with Gasteiger partial charge < -0.3 is 11.1 Å². The average molecular weight is 424 g/mol. The van der Waals surface area contributed by atoms with Gasteiger partial charge in [0, 0.05) is 40.7 Å². The van der Waals surface area contributed by atoms with Crippen LogP contribution in [-0.2, 0) is 12.8 Å². The molecule has 7 nitrogen and oxygen atoms in total. The molecule has 1 atom stereocenters. The molecular weight excluding hydrogens is 401 g/mol. The van der Waals surface area contributed by atoms with Crippen LogP contribution < -0.4 is 11.1 Å². The van der Waals surface area contributed by atoms with Crippen LogP contribution in [0.15, 0.2) is 30.7 Å². The monoisotopic (exact) mass is 423 g/mol. The molecule has 0 radical (unpaired) electrons. The van der Waals surface area contributed by atoms with E-state index in [9.17, 15) is 4.39 Å². The largest absolute Gasteiger partial charge is 0.375 e. The van der Waals surface area contributed by atoms with Crippen molar-refractivity contribution >= 4 is 27.9 Å². The molecule has 0 aliphatic heterocycles. The van der Waals surface area contributed by atoms with Gasteiger partial charge in [-0.3, -0.25) is 4.98 Å². The van der Waals surface area contributed by atoms with E-state index in [-0.39, 0.29) is 17.8 Å². The van der Waals surface area contributed by atoms with E-state index in [4.69, 9.17) is 10.7 Å². The normalized spacial score (nSPS) is 16.2. The fourth-order valence-electron chi connectivity index (χ4n) is 3.92. The third kappa shape index (κ3) is 3.39. The number of anilines is 2. The van der Waals surface area contributed by atoms with Crippen LogP contribution in [0.25, 0.3) is 16.9 Å². The second-order valence-corrected chi connectivity index (χ2v) is 9.03. The number of nitrogen functional groups attached to an aromatic ring is 1. The van der Waals surface area contributed by atoms with Crippen LogP contribution in [-0.4, -0.2) is 30.6 Å². The van der Waals surface area contributed by atoms with Crippen LogP contribution in [0.4, 0.5) is 15.3 Å².